The minimum atomic E-state index is -1.01. The Hall–Kier alpha value is -2.02. The first-order valence-electron chi connectivity index (χ1n) is 13.1. The van der Waals surface area contributed by atoms with Crippen molar-refractivity contribution in [2.24, 2.45) is 17.3 Å². The highest BCUT2D eigenvalue weighted by atomic mass is 32.2. The number of anilines is 2. The lowest BCUT2D eigenvalue weighted by molar-refractivity contribution is -0.122. The Balaban J connectivity index is 0.000000356. The largest absolute Gasteiger partial charge is 0.336 e. The molecule has 0 spiro atoms. The molecular weight excluding hydrogens is 461 g/mol. The molecule has 3 aliphatic rings. The molecule has 3 unspecified atom stereocenters. The Bertz CT molecular complexity index is 1070. The van der Waals surface area contributed by atoms with Gasteiger partial charge in [0.15, 0.2) is 11.6 Å². The smallest absolute Gasteiger partial charge is 0.152 e. The Morgan fingerprint density at radius 2 is 1.97 bits per heavy atom. The molecule has 2 heterocycles. The summed E-state index contributed by atoms with van der Waals surface area (Å²) >= 11 is 0. The second-order valence-electron chi connectivity index (χ2n) is 11.7. The number of nitrogens with one attached hydrogen (secondary N) is 2. The number of H-pyrrole nitrogens is 1. The number of aromatic amines is 1. The molecule has 0 radical (unpaired) electrons. The molecule has 1 aromatic heterocycles. The Labute approximate surface area is 211 Å². The Morgan fingerprint density at radius 3 is 2.63 bits per heavy atom. The van der Waals surface area contributed by atoms with E-state index in [0.29, 0.717) is 52.3 Å². The van der Waals surface area contributed by atoms with Crippen LogP contribution in [0.15, 0.2) is 18.2 Å². The molecule has 2 saturated carbocycles. The quantitative estimate of drug-likeness (QED) is 0.441. The van der Waals surface area contributed by atoms with E-state index < -0.39 is 10.8 Å². The van der Waals surface area contributed by atoms with Crippen molar-refractivity contribution in [3.63, 3.8) is 0 Å². The molecular formula is C28H40FN3O2S. The fraction of sp³-hybridized carbons (Fsp3) is 0.643. The van der Waals surface area contributed by atoms with Crippen LogP contribution in [0.4, 0.5) is 15.9 Å². The zero-order valence-corrected chi connectivity index (χ0v) is 22.4. The number of nitrogens with zero attached hydrogens (tertiary/aromatic N) is 1. The monoisotopic (exact) mass is 501 g/mol. The maximum Gasteiger partial charge on any atom is 0.152 e. The maximum atomic E-state index is 14.7. The fourth-order valence-electron chi connectivity index (χ4n) is 5.58. The molecule has 5 rings (SSSR count). The van der Waals surface area contributed by atoms with Crippen LogP contribution in [0.25, 0.3) is 0 Å². The first-order chi connectivity index (χ1) is 16.6. The van der Waals surface area contributed by atoms with Crippen molar-refractivity contribution in [2.45, 2.75) is 96.5 Å². The topological polar surface area (TPSA) is 74.8 Å². The zero-order chi connectivity index (χ0) is 25.2. The van der Waals surface area contributed by atoms with E-state index in [2.05, 4.69) is 29.4 Å². The first-order valence-corrected chi connectivity index (χ1v) is 14.6. The van der Waals surface area contributed by atoms with Gasteiger partial charge in [-0.15, -0.1) is 0 Å². The number of carbonyl (C=O) groups is 1. The summed E-state index contributed by atoms with van der Waals surface area (Å²) in [6.45, 7) is 8.63. The number of aromatic nitrogens is 2. The zero-order valence-electron chi connectivity index (χ0n) is 21.6. The third-order valence-electron chi connectivity index (χ3n) is 7.89. The molecule has 5 nitrogen and oxygen atoms in total. The number of ketones is 1. The molecule has 0 amide bonds. The van der Waals surface area contributed by atoms with Crippen molar-refractivity contribution in [3.05, 3.63) is 40.8 Å². The molecule has 0 bridgehead atoms. The van der Waals surface area contributed by atoms with Gasteiger partial charge in [-0.2, -0.15) is 5.10 Å². The minimum Gasteiger partial charge on any atom is -0.336 e. The van der Waals surface area contributed by atoms with Crippen molar-refractivity contribution in [1.82, 2.24) is 10.2 Å². The number of Topliss-reactive ketones (excluding diaryl/α,β-unsaturated/α-hetero) is 1. The van der Waals surface area contributed by atoms with E-state index in [1.54, 1.807) is 6.07 Å². The minimum absolute atomic E-state index is 0.0988. The second-order valence-corrected chi connectivity index (χ2v) is 13.2. The van der Waals surface area contributed by atoms with E-state index in [1.807, 2.05) is 26.0 Å². The highest BCUT2D eigenvalue weighted by Crippen LogP contribution is 2.40. The van der Waals surface area contributed by atoms with Crippen LogP contribution in [0.3, 0.4) is 0 Å². The molecule has 2 aromatic rings. The predicted octanol–water partition coefficient (Wildman–Crippen LogP) is 7.14. The number of benzene rings is 1. The normalized spacial score (nSPS) is 24.8. The lowest BCUT2D eigenvalue weighted by atomic mass is 9.92. The number of fused-ring (bicyclic) bond motifs is 1. The number of halogens is 1. The molecule has 0 saturated heterocycles. The Morgan fingerprint density at radius 1 is 1.23 bits per heavy atom. The summed E-state index contributed by atoms with van der Waals surface area (Å²) in [5.74, 6) is 2.19. The molecule has 192 valence electrons. The first kappa shape index (κ1) is 26.1. The van der Waals surface area contributed by atoms with Crippen LogP contribution in [0, 0.1) is 23.1 Å². The summed E-state index contributed by atoms with van der Waals surface area (Å²) in [6.07, 6.45) is 9.58. The highest BCUT2D eigenvalue weighted by molar-refractivity contribution is 7.83. The number of hydrogen-bond acceptors (Lipinski definition) is 4. The molecule has 2 fully saturated rings. The molecule has 7 heteroatoms. The van der Waals surface area contributed by atoms with Crippen LogP contribution in [-0.4, -0.2) is 20.2 Å². The van der Waals surface area contributed by atoms with Gasteiger partial charge in [0.2, 0.25) is 0 Å². The van der Waals surface area contributed by atoms with Crippen LogP contribution in [-0.2, 0) is 27.1 Å². The molecule has 1 aromatic carbocycles. The third kappa shape index (κ3) is 6.60. The van der Waals surface area contributed by atoms with Gasteiger partial charge in [-0.05, 0) is 55.1 Å². The van der Waals surface area contributed by atoms with Crippen LogP contribution in [0.1, 0.15) is 102 Å². The van der Waals surface area contributed by atoms with Gasteiger partial charge >= 0.3 is 0 Å². The average molecular weight is 502 g/mol. The Kier molecular flexibility index (Phi) is 8.14. The summed E-state index contributed by atoms with van der Waals surface area (Å²) in [5, 5.41) is 10.4. The summed E-state index contributed by atoms with van der Waals surface area (Å²) in [4.78, 5) is 12.0. The van der Waals surface area contributed by atoms with Gasteiger partial charge in [-0.25, -0.2) is 4.39 Å². The van der Waals surface area contributed by atoms with Crippen LogP contribution < -0.4 is 5.32 Å². The predicted molar refractivity (Wildman–Crippen MR) is 141 cm³/mol. The van der Waals surface area contributed by atoms with Gasteiger partial charge in [0.05, 0.1) is 11.4 Å². The molecule has 2 N–H and O–H groups in total. The fourth-order valence-corrected chi connectivity index (χ4v) is 6.93. The van der Waals surface area contributed by atoms with Gasteiger partial charge in [-0.3, -0.25) is 14.1 Å². The van der Waals surface area contributed by atoms with E-state index in [9.17, 15) is 13.4 Å². The van der Waals surface area contributed by atoms with Crippen LogP contribution in [0.2, 0.25) is 0 Å². The van der Waals surface area contributed by atoms with Crippen molar-refractivity contribution < 1.29 is 13.4 Å². The van der Waals surface area contributed by atoms with E-state index in [1.165, 1.54) is 25.7 Å². The number of carbonyl (C=O) groups excluding carboxylic acids is 1. The second kappa shape index (κ2) is 10.9. The molecule has 1 aliphatic heterocycles. The summed E-state index contributed by atoms with van der Waals surface area (Å²) in [7, 11) is -1.01. The van der Waals surface area contributed by atoms with Crippen LogP contribution in [0.5, 0.6) is 0 Å². The van der Waals surface area contributed by atoms with E-state index >= 15 is 0 Å². The average Bonchev–Trinajstić information content (AvgIpc) is 3.58. The number of hydrogen-bond donors (Lipinski definition) is 2. The van der Waals surface area contributed by atoms with E-state index in [0.717, 1.165) is 30.5 Å². The van der Waals surface area contributed by atoms with Crippen molar-refractivity contribution in [2.75, 3.05) is 5.32 Å². The van der Waals surface area contributed by atoms with Gasteiger partial charge in [-0.1, -0.05) is 46.6 Å². The lowest BCUT2D eigenvalue weighted by Crippen LogP contribution is -2.11. The summed E-state index contributed by atoms with van der Waals surface area (Å²) < 4.78 is 26.4. The van der Waals surface area contributed by atoms with Crippen molar-refractivity contribution in [1.29, 1.82) is 0 Å². The highest BCUT2D eigenvalue weighted by Gasteiger charge is 2.29. The molecule has 2 aliphatic carbocycles. The molecule has 3 atom stereocenters. The van der Waals surface area contributed by atoms with Gasteiger partial charge < -0.3 is 5.32 Å². The van der Waals surface area contributed by atoms with Crippen LogP contribution >= 0.6 is 0 Å². The van der Waals surface area contributed by atoms with Gasteiger partial charge in [0, 0.05) is 52.1 Å². The van der Waals surface area contributed by atoms with Gasteiger partial charge in [0.1, 0.15) is 5.78 Å². The van der Waals surface area contributed by atoms with Crippen molar-refractivity contribution >= 4 is 28.1 Å². The molecule has 35 heavy (non-hydrogen) atoms. The van der Waals surface area contributed by atoms with Crippen molar-refractivity contribution in [3.8, 4) is 0 Å². The lowest BCUT2D eigenvalue weighted by Gasteiger charge is -2.13. The standard InChI is InChI=1S/C21H26FN3O2S.C7H14/c1-12(2)19(26)8-13-3-4-14(7-13)18-9-20(25-24-18)23-17-6-5-15-10-28(27)11-16(15)21(17)22;1-7(2)5-3-4-6-7/h5-6,9,12-14H,3-4,7-8,10-11H2,1-2H3,(H2,23,24,25);3-6H2,1-2H3. The van der Waals surface area contributed by atoms with Gasteiger partial charge in [0.25, 0.3) is 0 Å². The summed E-state index contributed by atoms with van der Waals surface area (Å²) in [6, 6.07) is 5.46. The SMILES string of the molecule is CC(C)C(=O)CC1CCC(c2cc(Nc3ccc4c(c3F)CS(=O)C4)n[nH]2)C1.CC1(C)CCCC1. The van der Waals surface area contributed by atoms with E-state index in [4.69, 9.17) is 0 Å². The number of rotatable bonds is 6. The summed E-state index contributed by atoms with van der Waals surface area (Å²) in [5.41, 5.74) is 3.47. The third-order valence-corrected chi connectivity index (χ3v) is 9.14. The maximum absolute atomic E-state index is 14.7. The van der Waals surface area contributed by atoms with E-state index in [-0.39, 0.29) is 17.5 Å².